The van der Waals surface area contributed by atoms with Crippen molar-refractivity contribution in [2.45, 2.75) is 20.0 Å². The van der Waals surface area contributed by atoms with Crippen LogP contribution in [0.3, 0.4) is 0 Å². The molecule has 0 unspecified atom stereocenters. The summed E-state index contributed by atoms with van der Waals surface area (Å²) in [6.45, 7) is 3.45. The normalized spacial score (nSPS) is 10.0. The molecule has 7 heteroatoms. The number of rotatable bonds is 7. The second kappa shape index (κ2) is 8.82. The van der Waals surface area contributed by atoms with Crippen molar-refractivity contribution in [1.29, 1.82) is 0 Å². The van der Waals surface area contributed by atoms with Gasteiger partial charge in [-0.3, -0.25) is 0 Å². The van der Waals surface area contributed by atoms with Gasteiger partial charge in [-0.2, -0.15) is 0 Å². The molecule has 0 aliphatic carbocycles. The second-order valence-electron chi connectivity index (χ2n) is 4.50. The van der Waals surface area contributed by atoms with E-state index in [1.807, 2.05) is 19.1 Å². The highest BCUT2D eigenvalue weighted by molar-refractivity contribution is 7.09. The Hall–Kier alpha value is -1.50. The molecule has 0 fully saturated rings. The van der Waals surface area contributed by atoms with Crippen molar-refractivity contribution in [2.24, 2.45) is 0 Å². The largest absolute Gasteiger partial charge is 0.493 e. The summed E-state index contributed by atoms with van der Waals surface area (Å²) in [5.74, 6) is 1.94. The molecule has 0 saturated carbocycles. The summed E-state index contributed by atoms with van der Waals surface area (Å²) in [4.78, 5) is 4.42. The average Bonchev–Trinajstić information content (AvgIpc) is 2.91. The highest BCUT2D eigenvalue weighted by Gasteiger charge is 2.12. The molecular weight excluding hydrogens is 324 g/mol. The van der Waals surface area contributed by atoms with Crippen LogP contribution in [0.4, 0.5) is 0 Å². The first kappa shape index (κ1) is 18.5. The van der Waals surface area contributed by atoms with Gasteiger partial charge < -0.3 is 19.5 Å². The number of methoxy groups -OCH3 is 3. The van der Waals surface area contributed by atoms with Gasteiger partial charge in [0.15, 0.2) is 11.5 Å². The van der Waals surface area contributed by atoms with Gasteiger partial charge in [-0.05, 0) is 24.6 Å². The molecule has 5 nitrogen and oxygen atoms in total. The number of nitrogens with one attached hydrogen (secondary N) is 1. The third-order valence-corrected chi connectivity index (χ3v) is 3.85. The van der Waals surface area contributed by atoms with Gasteiger partial charge in [-0.1, -0.05) is 0 Å². The maximum atomic E-state index is 5.34. The van der Waals surface area contributed by atoms with E-state index in [1.54, 1.807) is 32.7 Å². The summed E-state index contributed by atoms with van der Waals surface area (Å²) in [5, 5.41) is 6.51. The first-order chi connectivity index (χ1) is 10.2. The van der Waals surface area contributed by atoms with E-state index in [9.17, 15) is 0 Å². The Labute approximate surface area is 141 Å². The minimum absolute atomic E-state index is 0. The van der Waals surface area contributed by atoms with E-state index >= 15 is 0 Å². The Bertz CT molecular complexity index is 579. The van der Waals surface area contributed by atoms with Crippen LogP contribution in [0.1, 0.15) is 16.3 Å². The van der Waals surface area contributed by atoms with Gasteiger partial charge >= 0.3 is 0 Å². The predicted octanol–water partition coefficient (Wildman–Crippen LogP) is 3.19. The van der Waals surface area contributed by atoms with Crippen LogP contribution in [0.5, 0.6) is 17.2 Å². The van der Waals surface area contributed by atoms with Crippen molar-refractivity contribution in [1.82, 2.24) is 10.3 Å². The highest BCUT2D eigenvalue weighted by atomic mass is 35.5. The third-order valence-electron chi connectivity index (χ3n) is 3.03. The zero-order valence-electron chi connectivity index (χ0n) is 13.1. The van der Waals surface area contributed by atoms with Crippen LogP contribution in [-0.2, 0) is 13.1 Å². The second-order valence-corrected chi connectivity index (χ2v) is 5.56. The molecule has 0 bridgehead atoms. The maximum absolute atomic E-state index is 5.34. The van der Waals surface area contributed by atoms with Crippen LogP contribution >= 0.6 is 23.7 Å². The van der Waals surface area contributed by atoms with Crippen LogP contribution in [0.15, 0.2) is 17.5 Å². The smallest absolute Gasteiger partial charge is 0.203 e. The number of aryl methyl sites for hydroxylation is 1. The SMILES string of the molecule is COc1cc(CNCc2csc(C)n2)cc(OC)c1OC.Cl. The Balaban J connectivity index is 0.00000242. The Morgan fingerprint density at radius 1 is 1.05 bits per heavy atom. The standard InChI is InChI=1S/C15H20N2O3S.ClH/c1-10-17-12(9-21-10)8-16-7-11-5-13(18-2)15(20-4)14(6-11)19-3;/h5-6,9,16H,7-8H2,1-4H3;1H. The zero-order chi connectivity index (χ0) is 15.2. The first-order valence-corrected chi connectivity index (χ1v) is 7.46. The summed E-state index contributed by atoms with van der Waals surface area (Å²) in [5.41, 5.74) is 2.13. The zero-order valence-corrected chi connectivity index (χ0v) is 14.8. The molecule has 0 amide bonds. The topological polar surface area (TPSA) is 52.6 Å². The van der Waals surface area contributed by atoms with Gasteiger partial charge in [0.25, 0.3) is 0 Å². The molecule has 1 N–H and O–H groups in total. The van der Waals surface area contributed by atoms with Gasteiger partial charge in [0.05, 0.1) is 32.0 Å². The lowest BCUT2D eigenvalue weighted by Gasteiger charge is -2.14. The quantitative estimate of drug-likeness (QED) is 0.836. The minimum Gasteiger partial charge on any atom is -0.493 e. The van der Waals surface area contributed by atoms with Crippen molar-refractivity contribution in [2.75, 3.05) is 21.3 Å². The van der Waals surface area contributed by atoms with Crippen molar-refractivity contribution >= 4 is 23.7 Å². The van der Waals surface area contributed by atoms with E-state index in [0.717, 1.165) is 22.8 Å². The van der Waals surface area contributed by atoms with Gasteiger partial charge in [-0.25, -0.2) is 4.98 Å². The summed E-state index contributed by atoms with van der Waals surface area (Å²) in [6, 6.07) is 3.89. The average molecular weight is 345 g/mol. The molecule has 0 spiro atoms. The highest BCUT2D eigenvalue weighted by Crippen LogP contribution is 2.38. The number of nitrogens with zero attached hydrogens (tertiary/aromatic N) is 1. The van der Waals surface area contributed by atoms with E-state index in [0.29, 0.717) is 23.8 Å². The molecular formula is C15H21ClN2O3S. The van der Waals surface area contributed by atoms with Crippen molar-refractivity contribution in [3.8, 4) is 17.2 Å². The van der Waals surface area contributed by atoms with Crippen LogP contribution in [0.25, 0.3) is 0 Å². The number of hydrogen-bond donors (Lipinski definition) is 1. The molecule has 0 saturated heterocycles. The molecule has 1 heterocycles. The Kier molecular flexibility index (Phi) is 7.44. The first-order valence-electron chi connectivity index (χ1n) is 6.58. The lowest BCUT2D eigenvalue weighted by molar-refractivity contribution is 0.323. The van der Waals surface area contributed by atoms with Gasteiger partial charge in [0.2, 0.25) is 5.75 Å². The maximum Gasteiger partial charge on any atom is 0.203 e. The van der Waals surface area contributed by atoms with E-state index in [4.69, 9.17) is 14.2 Å². The summed E-state index contributed by atoms with van der Waals surface area (Å²) >= 11 is 1.66. The number of hydrogen-bond acceptors (Lipinski definition) is 6. The van der Waals surface area contributed by atoms with Crippen molar-refractivity contribution < 1.29 is 14.2 Å². The van der Waals surface area contributed by atoms with Gasteiger partial charge in [0, 0.05) is 18.5 Å². The van der Waals surface area contributed by atoms with Gasteiger partial charge in [0.1, 0.15) is 0 Å². The summed E-state index contributed by atoms with van der Waals surface area (Å²) < 4.78 is 16.0. The fraction of sp³-hybridized carbons (Fsp3) is 0.400. The molecule has 0 aliphatic heterocycles. The van der Waals surface area contributed by atoms with E-state index < -0.39 is 0 Å². The molecule has 0 aliphatic rings. The van der Waals surface area contributed by atoms with E-state index in [1.165, 1.54) is 0 Å². The van der Waals surface area contributed by atoms with E-state index in [2.05, 4.69) is 15.7 Å². The molecule has 1 aromatic heterocycles. The van der Waals surface area contributed by atoms with Crippen molar-refractivity contribution in [3.63, 3.8) is 0 Å². The van der Waals surface area contributed by atoms with E-state index in [-0.39, 0.29) is 12.4 Å². The van der Waals surface area contributed by atoms with Gasteiger partial charge in [-0.15, -0.1) is 23.7 Å². The fourth-order valence-corrected chi connectivity index (χ4v) is 2.67. The molecule has 0 atom stereocenters. The number of thiazole rings is 1. The molecule has 2 rings (SSSR count). The van der Waals surface area contributed by atoms with Crippen molar-refractivity contribution in [3.05, 3.63) is 33.8 Å². The predicted molar refractivity (Wildman–Crippen MR) is 90.7 cm³/mol. The lowest BCUT2D eigenvalue weighted by Crippen LogP contribution is -2.13. The summed E-state index contributed by atoms with van der Waals surface area (Å²) in [6.07, 6.45) is 0. The molecule has 1 aromatic carbocycles. The monoisotopic (exact) mass is 344 g/mol. The number of halogens is 1. The minimum atomic E-state index is 0. The number of benzene rings is 1. The molecule has 122 valence electrons. The van der Waals surface area contributed by atoms with Crippen LogP contribution < -0.4 is 19.5 Å². The number of aromatic nitrogens is 1. The lowest BCUT2D eigenvalue weighted by atomic mass is 10.1. The molecule has 2 aromatic rings. The molecule has 0 radical (unpaired) electrons. The number of ether oxygens (including phenoxy) is 3. The molecule has 22 heavy (non-hydrogen) atoms. The summed E-state index contributed by atoms with van der Waals surface area (Å²) in [7, 11) is 4.84. The Morgan fingerprint density at radius 2 is 1.68 bits per heavy atom. The van der Waals surface area contributed by atoms with Crippen LogP contribution in [0, 0.1) is 6.92 Å². The van der Waals surface area contributed by atoms with Crippen LogP contribution in [-0.4, -0.2) is 26.3 Å². The third kappa shape index (κ3) is 4.50. The van der Waals surface area contributed by atoms with Crippen LogP contribution in [0.2, 0.25) is 0 Å². The fourth-order valence-electron chi connectivity index (χ4n) is 2.06. The Morgan fingerprint density at radius 3 is 2.14 bits per heavy atom.